The first-order chi connectivity index (χ1) is 16.2. The van der Waals surface area contributed by atoms with Gasteiger partial charge in [0, 0.05) is 50.1 Å². The van der Waals surface area contributed by atoms with Gasteiger partial charge in [0.15, 0.2) is 27.5 Å². The quantitative estimate of drug-likeness (QED) is 0.538. The molecule has 2 aliphatic rings. The van der Waals surface area contributed by atoms with Crippen LogP contribution in [0.1, 0.15) is 45.9 Å². The van der Waals surface area contributed by atoms with Crippen molar-refractivity contribution in [2.45, 2.75) is 63.5 Å². The predicted octanol–water partition coefficient (Wildman–Crippen LogP) is 3.32. The third-order valence-corrected chi connectivity index (χ3v) is 8.87. The van der Waals surface area contributed by atoms with Crippen LogP contribution < -0.4 is 9.64 Å². The van der Waals surface area contributed by atoms with Gasteiger partial charge in [-0.2, -0.15) is 4.37 Å². The molecule has 1 atom stereocenters. The van der Waals surface area contributed by atoms with Crippen LogP contribution in [0.4, 0.5) is 9.52 Å². The summed E-state index contributed by atoms with van der Waals surface area (Å²) in [7, 11) is -3.51. The minimum Gasteiger partial charge on any atom is -0.477 e. The Labute approximate surface area is 204 Å². The molecule has 2 fully saturated rings. The molecule has 0 radical (unpaired) electrons. The van der Waals surface area contributed by atoms with Gasteiger partial charge in [0.1, 0.15) is 5.82 Å². The van der Waals surface area contributed by atoms with Gasteiger partial charge in [-0.3, -0.25) is 4.79 Å². The Hall–Kier alpha value is -2.27. The van der Waals surface area contributed by atoms with E-state index < -0.39 is 21.8 Å². The first-order valence-corrected chi connectivity index (χ1v) is 14.2. The number of aromatic nitrogens is 2. The van der Waals surface area contributed by atoms with Crippen molar-refractivity contribution in [1.29, 1.82) is 0 Å². The van der Waals surface area contributed by atoms with E-state index in [1.165, 1.54) is 30.6 Å². The Morgan fingerprint density at radius 3 is 2.59 bits per heavy atom. The molecule has 8 nitrogen and oxygen atoms in total. The average Bonchev–Trinajstić information content (AvgIpc) is 3.41. The van der Waals surface area contributed by atoms with Crippen molar-refractivity contribution in [3.63, 3.8) is 0 Å². The van der Waals surface area contributed by atoms with Crippen molar-refractivity contribution < 1.29 is 22.3 Å². The summed E-state index contributed by atoms with van der Waals surface area (Å²) < 4.78 is 48.6. The lowest BCUT2D eigenvalue weighted by molar-refractivity contribution is -0.135. The van der Waals surface area contributed by atoms with Crippen molar-refractivity contribution in [1.82, 2.24) is 14.3 Å². The highest BCUT2D eigenvalue weighted by molar-refractivity contribution is 7.91. The molecule has 11 heteroatoms. The van der Waals surface area contributed by atoms with Gasteiger partial charge in [-0.25, -0.2) is 17.8 Å². The van der Waals surface area contributed by atoms with E-state index in [0.717, 1.165) is 49.4 Å². The normalized spacial score (nSPS) is 19.9. The largest absolute Gasteiger partial charge is 0.477 e. The number of halogens is 1. The molecule has 1 aromatic carbocycles. The SMILES string of the molecule is CCS(=O)(=O)c1ccc(OC2CCN(C3CCN(c4nc(CC(C)C)ns4)CC3)C2=O)c(F)c1. The first kappa shape index (κ1) is 24.8. The Morgan fingerprint density at radius 2 is 1.94 bits per heavy atom. The van der Waals surface area contributed by atoms with Crippen LogP contribution in [0.3, 0.4) is 0 Å². The predicted molar refractivity (Wildman–Crippen MR) is 129 cm³/mol. The van der Waals surface area contributed by atoms with Gasteiger partial charge in [0.25, 0.3) is 5.91 Å². The van der Waals surface area contributed by atoms with E-state index in [1.807, 2.05) is 4.90 Å². The number of carbonyl (C=O) groups is 1. The van der Waals surface area contributed by atoms with Crippen LogP contribution in [0, 0.1) is 11.7 Å². The Morgan fingerprint density at radius 1 is 1.21 bits per heavy atom. The molecule has 2 saturated heterocycles. The molecule has 3 heterocycles. The van der Waals surface area contributed by atoms with Gasteiger partial charge < -0.3 is 14.5 Å². The minimum atomic E-state index is -3.51. The number of amides is 1. The number of ether oxygens (including phenoxy) is 1. The molecule has 0 spiro atoms. The number of piperidine rings is 1. The summed E-state index contributed by atoms with van der Waals surface area (Å²) in [6, 6.07) is 3.69. The van der Waals surface area contributed by atoms with Crippen molar-refractivity contribution >= 4 is 32.4 Å². The molecule has 34 heavy (non-hydrogen) atoms. The van der Waals surface area contributed by atoms with E-state index in [0.29, 0.717) is 18.9 Å². The fourth-order valence-corrected chi connectivity index (χ4v) is 6.07. The maximum absolute atomic E-state index is 14.5. The monoisotopic (exact) mass is 510 g/mol. The Bertz CT molecular complexity index is 1130. The lowest BCUT2D eigenvalue weighted by atomic mass is 10.0. The number of benzene rings is 1. The van der Waals surface area contributed by atoms with Crippen molar-refractivity contribution in [3.8, 4) is 5.75 Å². The zero-order valence-electron chi connectivity index (χ0n) is 19.7. The van der Waals surface area contributed by atoms with Gasteiger partial charge in [-0.05, 0) is 37.0 Å². The molecule has 186 valence electrons. The maximum atomic E-state index is 14.5. The first-order valence-electron chi connectivity index (χ1n) is 11.7. The van der Waals surface area contributed by atoms with E-state index in [9.17, 15) is 17.6 Å². The van der Waals surface area contributed by atoms with Gasteiger partial charge >= 0.3 is 0 Å². The molecule has 0 aliphatic carbocycles. The van der Waals surface area contributed by atoms with Gasteiger partial charge in [-0.15, -0.1) is 0 Å². The van der Waals surface area contributed by atoms with Crippen LogP contribution in [0.15, 0.2) is 23.1 Å². The summed E-state index contributed by atoms with van der Waals surface area (Å²) >= 11 is 1.43. The third-order valence-electron chi connectivity index (χ3n) is 6.33. The maximum Gasteiger partial charge on any atom is 0.263 e. The molecule has 0 saturated carbocycles. The Balaban J connectivity index is 1.33. The lowest BCUT2D eigenvalue weighted by Gasteiger charge is -2.36. The average molecular weight is 511 g/mol. The molecule has 2 aromatic rings. The van der Waals surface area contributed by atoms with Crippen molar-refractivity contribution in [2.24, 2.45) is 5.92 Å². The second-order valence-electron chi connectivity index (χ2n) is 9.23. The summed E-state index contributed by atoms with van der Waals surface area (Å²) in [4.78, 5) is 21.7. The minimum absolute atomic E-state index is 0.0854. The van der Waals surface area contributed by atoms with E-state index in [1.54, 1.807) is 0 Å². The Kier molecular flexibility index (Phi) is 7.42. The summed E-state index contributed by atoms with van der Waals surface area (Å²) in [6.45, 7) is 7.98. The summed E-state index contributed by atoms with van der Waals surface area (Å²) in [6.07, 6.45) is 2.24. The number of nitrogens with zero attached hydrogens (tertiary/aromatic N) is 4. The van der Waals surface area contributed by atoms with Crippen LogP contribution in [0.2, 0.25) is 0 Å². The van der Waals surface area contributed by atoms with Gasteiger partial charge in [-0.1, -0.05) is 20.8 Å². The lowest BCUT2D eigenvalue weighted by Crippen LogP contribution is -2.47. The van der Waals surface area contributed by atoms with Crippen LogP contribution in [-0.4, -0.2) is 66.1 Å². The van der Waals surface area contributed by atoms with Crippen molar-refractivity contribution in [3.05, 3.63) is 29.8 Å². The van der Waals surface area contributed by atoms with E-state index in [4.69, 9.17) is 4.74 Å². The molecule has 1 unspecified atom stereocenters. The highest BCUT2D eigenvalue weighted by atomic mass is 32.2. The summed E-state index contributed by atoms with van der Waals surface area (Å²) in [5.41, 5.74) is 0. The molecule has 4 rings (SSSR count). The zero-order valence-corrected chi connectivity index (χ0v) is 21.4. The number of hydrogen-bond donors (Lipinski definition) is 0. The summed E-state index contributed by atoms with van der Waals surface area (Å²) in [5.74, 6) is 0.277. The molecule has 1 aromatic heterocycles. The van der Waals surface area contributed by atoms with Crippen LogP contribution in [0.25, 0.3) is 0 Å². The molecular weight excluding hydrogens is 479 g/mol. The fraction of sp³-hybridized carbons (Fsp3) is 0.609. The fourth-order valence-electron chi connectivity index (χ4n) is 4.43. The molecule has 0 bridgehead atoms. The smallest absolute Gasteiger partial charge is 0.263 e. The van der Waals surface area contributed by atoms with Gasteiger partial charge in [0.2, 0.25) is 5.13 Å². The van der Waals surface area contributed by atoms with E-state index in [2.05, 4.69) is 28.1 Å². The van der Waals surface area contributed by atoms with Crippen LogP contribution in [0.5, 0.6) is 5.75 Å². The standard InChI is InChI=1S/C23H31FN4O4S2/c1-4-34(30,31)17-5-6-19(18(24)14-17)32-20-9-12-28(22(20)29)16-7-10-27(11-8-16)23-25-21(26-33-23)13-15(2)3/h5-6,14-16,20H,4,7-13H2,1-3H3. The number of anilines is 1. The topological polar surface area (TPSA) is 92.7 Å². The van der Waals surface area contributed by atoms with Crippen LogP contribution in [-0.2, 0) is 21.1 Å². The van der Waals surface area contributed by atoms with E-state index >= 15 is 0 Å². The number of hydrogen-bond acceptors (Lipinski definition) is 8. The highest BCUT2D eigenvalue weighted by Crippen LogP contribution is 2.30. The molecule has 2 aliphatic heterocycles. The van der Waals surface area contributed by atoms with Crippen molar-refractivity contribution in [2.75, 3.05) is 30.3 Å². The second kappa shape index (κ2) is 10.2. The van der Waals surface area contributed by atoms with E-state index in [-0.39, 0.29) is 28.3 Å². The van der Waals surface area contributed by atoms with Crippen LogP contribution >= 0.6 is 11.5 Å². The number of sulfone groups is 1. The van der Waals surface area contributed by atoms with Gasteiger partial charge in [0.05, 0.1) is 10.6 Å². The molecule has 1 amide bonds. The third kappa shape index (κ3) is 5.35. The molecular formula is C23H31FN4O4S2. The highest BCUT2D eigenvalue weighted by Gasteiger charge is 2.39. The number of likely N-dealkylation sites (tertiary alicyclic amines) is 1. The zero-order chi connectivity index (χ0) is 24.5. The summed E-state index contributed by atoms with van der Waals surface area (Å²) in [5, 5.41) is 0.937. The number of carbonyl (C=O) groups excluding carboxylic acids is 1. The molecule has 0 N–H and O–H groups in total. The second-order valence-corrected chi connectivity index (χ2v) is 12.2. The number of rotatable bonds is 8.